The van der Waals surface area contributed by atoms with Gasteiger partial charge < -0.3 is 10.2 Å². The van der Waals surface area contributed by atoms with E-state index >= 15 is 0 Å². The van der Waals surface area contributed by atoms with Crippen LogP contribution in [0.2, 0.25) is 0 Å². The van der Waals surface area contributed by atoms with Crippen LogP contribution in [0, 0.1) is 27.7 Å². The molecule has 1 heterocycles. The summed E-state index contributed by atoms with van der Waals surface area (Å²) in [7, 11) is 0. The van der Waals surface area contributed by atoms with Crippen LogP contribution in [0.5, 0.6) is 0 Å². The first-order valence-corrected chi connectivity index (χ1v) is 8.11. The molecule has 1 aliphatic rings. The fourth-order valence-corrected chi connectivity index (χ4v) is 2.88. The minimum absolute atomic E-state index is 0.0386. The van der Waals surface area contributed by atoms with Gasteiger partial charge in [-0.3, -0.25) is 19.7 Å². The summed E-state index contributed by atoms with van der Waals surface area (Å²) in [6, 6.07) is 8.81. The molecule has 0 spiro atoms. The molecule has 1 aliphatic heterocycles. The maximum absolute atomic E-state index is 13.5. The van der Waals surface area contributed by atoms with E-state index in [1.165, 1.54) is 23.1 Å². The fraction of sp³-hybridized carbons (Fsp3) is 0.222. The van der Waals surface area contributed by atoms with Gasteiger partial charge in [0.15, 0.2) is 0 Å². The standard InChI is InChI=1S/C18H15F2N3O4/c19-13-3-1-11(2-4-13)9-21-18(25)12-7-17(24)22(10-12)14-5-6-15(20)16(8-14)23(26)27/h1-6,8,12H,7,9-10H2,(H,21,25). The van der Waals surface area contributed by atoms with Crippen molar-refractivity contribution in [2.75, 3.05) is 11.4 Å². The second-order valence-electron chi connectivity index (χ2n) is 6.14. The highest BCUT2D eigenvalue weighted by Gasteiger charge is 2.35. The number of carbonyl (C=O) groups is 2. The summed E-state index contributed by atoms with van der Waals surface area (Å²) in [5.74, 6) is -2.74. The zero-order chi connectivity index (χ0) is 19.6. The number of halogens is 2. The molecular weight excluding hydrogens is 360 g/mol. The number of rotatable bonds is 5. The summed E-state index contributed by atoms with van der Waals surface area (Å²) in [6.07, 6.45) is -0.0551. The summed E-state index contributed by atoms with van der Waals surface area (Å²) in [5, 5.41) is 13.5. The molecule has 1 atom stereocenters. The van der Waals surface area contributed by atoms with Crippen molar-refractivity contribution in [3.8, 4) is 0 Å². The Morgan fingerprint density at radius 2 is 1.93 bits per heavy atom. The minimum atomic E-state index is -0.996. The lowest BCUT2D eigenvalue weighted by molar-refractivity contribution is -0.387. The molecule has 2 aromatic carbocycles. The third kappa shape index (κ3) is 4.08. The van der Waals surface area contributed by atoms with Crippen LogP contribution in [0.3, 0.4) is 0 Å². The van der Waals surface area contributed by atoms with Crippen molar-refractivity contribution in [1.82, 2.24) is 5.32 Å². The van der Waals surface area contributed by atoms with Crippen LogP contribution in [0.15, 0.2) is 42.5 Å². The Hall–Kier alpha value is -3.36. The lowest BCUT2D eigenvalue weighted by Crippen LogP contribution is -2.32. The molecule has 2 aromatic rings. The molecule has 140 valence electrons. The largest absolute Gasteiger partial charge is 0.352 e. The molecular formula is C18H15F2N3O4. The number of anilines is 1. The Morgan fingerprint density at radius 1 is 1.22 bits per heavy atom. The smallest absolute Gasteiger partial charge is 0.306 e. The Kier molecular flexibility index (Phi) is 5.11. The number of nitro groups is 1. The number of benzene rings is 2. The van der Waals surface area contributed by atoms with Crippen molar-refractivity contribution in [2.45, 2.75) is 13.0 Å². The number of nitro benzene ring substituents is 1. The molecule has 9 heteroatoms. The van der Waals surface area contributed by atoms with Crippen LogP contribution in [0.4, 0.5) is 20.2 Å². The first-order valence-electron chi connectivity index (χ1n) is 8.11. The molecule has 1 unspecified atom stereocenters. The maximum atomic E-state index is 13.5. The number of hydrogen-bond acceptors (Lipinski definition) is 4. The van der Waals surface area contributed by atoms with Crippen LogP contribution in [0.1, 0.15) is 12.0 Å². The molecule has 2 amide bonds. The number of amides is 2. The molecule has 1 N–H and O–H groups in total. The van der Waals surface area contributed by atoms with Crippen molar-refractivity contribution in [1.29, 1.82) is 0 Å². The third-order valence-electron chi connectivity index (χ3n) is 4.31. The van der Waals surface area contributed by atoms with Gasteiger partial charge in [0, 0.05) is 25.6 Å². The number of nitrogens with zero attached hydrogens (tertiary/aromatic N) is 2. The molecule has 27 heavy (non-hydrogen) atoms. The van der Waals surface area contributed by atoms with E-state index in [4.69, 9.17) is 0 Å². The summed E-state index contributed by atoms with van der Waals surface area (Å²) in [4.78, 5) is 35.7. The topological polar surface area (TPSA) is 92.6 Å². The van der Waals surface area contributed by atoms with Crippen LogP contribution in [-0.4, -0.2) is 23.3 Å². The zero-order valence-corrected chi connectivity index (χ0v) is 14.0. The Bertz CT molecular complexity index is 902. The summed E-state index contributed by atoms with van der Waals surface area (Å²) in [6.45, 7) is 0.225. The van der Waals surface area contributed by atoms with Crippen LogP contribution >= 0.6 is 0 Å². The van der Waals surface area contributed by atoms with E-state index in [2.05, 4.69) is 5.32 Å². The molecule has 0 aliphatic carbocycles. The van der Waals surface area contributed by atoms with Crippen molar-refractivity contribution < 1.29 is 23.3 Å². The Labute approximate surface area is 152 Å². The summed E-state index contributed by atoms with van der Waals surface area (Å²) >= 11 is 0. The monoisotopic (exact) mass is 375 g/mol. The summed E-state index contributed by atoms with van der Waals surface area (Å²) in [5.41, 5.74) is 0.145. The van der Waals surface area contributed by atoms with Gasteiger partial charge in [-0.1, -0.05) is 12.1 Å². The third-order valence-corrected chi connectivity index (χ3v) is 4.31. The predicted molar refractivity (Wildman–Crippen MR) is 91.8 cm³/mol. The van der Waals surface area contributed by atoms with Gasteiger partial charge in [-0.15, -0.1) is 0 Å². The first-order chi connectivity index (χ1) is 12.8. The normalized spacial score (nSPS) is 16.4. The average molecular weight is 375 g/mol. The van der Waals surface area contributed by atoms with Gasteiger partial charge in [-0.25, -0.2) is 4.39 Å². The van der Waals surface area contributed by atoms with Gasteiger partial charge >= 0.3 is 5.69 Å². The van der Waals surface area contributed by atoms with Crippen molar-refractivity contribution in [2.24, 2.45) is 5.92 Å². The highest BCUT2D eigenvalue weighted by molar-refractivity contribution is 6.00. The molecule has 3 rings (SSSR count). The number of hydrogen-bond donors (Lipinski definition) is 1. The van der Waals surface area contributed by atoms with Crippen molar-refractivity contribution >= 4 is 23.2 Å². The molecule has 7 nitrogen and oxygen atoms in total. The zero-order valence-electron chi connectivity index (χ0n) is 14.0. The van der Waals surface area contributed by atoms with E-state index in [1.807, 2.05) is 0 Å². The molecule has 1 saturated heterocycles. The first kappa shape index (κ1) is 18.4. The second kappa shape index (κ2) is 7.48. The van der Waals surface area contributed by atoms with Crippen LogP contribution in [-0.2, 0) is 16.1 Å². The Morgan fingerprint density at radius 3 is 2.59 bits per heavy atom. The fourth-order valence-electron chi connectivity index (χ4n) is 2.88. The molecule has 0 radical (unpaired) electrons. The number of nitrogens with one attached hydrogen (secondary N) is 1. The van der Waals surface area contributed by atoms with E-state index in [0.29, 0.717) is 5.56 Å². The molecule has 0 bridgehead atoms. The van der Waals surface area contributed by atoms with Crippen molar-refractivity contribution in [3.05, 3.63) is 69.8 Å². The lowest BCUT2D eigenvalue weighted by Gasteiger charge is -2.16. The highest BCUT2D eigenvalue weighted by Crippen LogP contribution is 2.29. The molecule has 0 saturated carbocycles. The Balaban J connectivity index is 1.66. The molecule has 1 fully saturated rings. The van der Waals surface area contributed by atoms with E-state index < -0.39 is 22.3 Å². The minimum Gasteiger partial charge on any atom is -0.352 e. The van der Waals surface area contributed by atoms with Gasteiger partial charge in [-0.2, -0.15) is 4.39 Å². The van der Waals surface area contributed by atoms with Crippen LogP contribution in [0.25, 0.3) is 0 Å². The lowest BCUT2D eigenvalue weighted by atomic mass is 10.1. The van der Waals surface area contributed by atoms with Crippen LogP contribution < -0.4 is 10.2 Å². The van der Waals surface area contributed by atoms with E-state index in [9.17, 15) is 28.5 Å². The quantitative estimate of drug-likeness (QED) is 0.642. The average Bonchev–Trinajstić information content (AvgIpc) is 3.03. The van der Waals surface area contributed by atoms with Gasteiger partial charge in [0.2, 0.25) is 17.6 Å². The van der Waals surface area contributed by atoms with Gasteiger partial charge in [0.1, 0.15) is 5.82 Å². The second-order valence-corrected chi connectivity index (χ2v) is 6.14. The SMILES string of the molecule is O=C(NCc1ccc(F)cc1)C1CC(=O)N(c2ccc(F)c([N+](=O)[O-])c2)C1. The van der Waals surface area contributed by atoms with Crippen molar-refractivity contribution in [3.63, 3.8) is 0 Å². The predicted octanol–water partition coefficient (Wildman–Crippen LogP) is 2.54. The van der Waals surface area contributed by atoms with Gasteiger partial charge in [0.05, 0.1) is 16.5 Å². The van der Waals surface area contributed by atoms with E-state index in [-0.39, 0.29) is 42.8 Å². The number of carbonyl (C=O) groups excluding carboxylic acids is 2. The van der Waals surface area contributed by atoms with Gasteiger partial charge in [0.25, 0.3) is 0 Å². The maximum Gasteiger partial charge on any atom is 0.306 e. The molecule has 0 aromatic heterocycles. The van der Waals surface area contributed by atoms with E-state index in [0.717, 1.165) is 12.1 Å². The summed E-state index contributed by atoms with van der Waals surface area (Å²) < 4.78 is 26.3. The van der Waals surface area contributed by atoms with E-state index in [1.54, 1.807) is 12.1 Å². The highest BCUT2D eigenvalue weighted by atomic mass is 19.1. The van der Waals surface area contributed by atoms with Gasteiger partial charge in [-0.05, 0) is 29.8 Å².